The van der Waals surface area contributed by atoms with Crippen LogP contribution in [0.5, 0.6) is 0 Å². The van der Waals surface area contributed by atoms with E-state index < -0.39 is 0 Å². The molecule has 0 saturated carbocycles. The molecule has 0 aliphatic carbocycles. The summed E-state index contributed by atoms with van der Waals surface area (Å²) in [5.41, 5.74) is 0. The van der Waals surface area contributed by atoms with E-state index in [-0.39, 0.29) is 44.1 Å². The molecule has 1 saturated heterocycles. The maximum absolute atomic E-state index is 12.6. The first-order valence-electron chi connectivity index (χ1n) is 12.9. The highest BCUT2D eigenvalue weighted by Crippen LogP contribution is 2.02. The summed E-state index contributed by atoms with van der Waals surface area (Å²) in [6.07, 6.45) is 1.70. The lowest BCUT2D eigenvalue weighted by molar-refractivity contribution is -0.143. The SMILES string of the molecule is CCCN1CCN(CC(=O)NCCCOCCO)CCN(CC(=O)OC)CCN(CC(=O)OC)CC1. The van der Waals surface area contributed by atoms with Gasteiger partial charge in [0.1, 0.15) is 0 Å². The van der Waals surface area contributed by atoms with Crippen LogP contribution in [0.3, 0.4) is 0 Å². The van der Waals surface area contributed by atoms with Gasteiger partial charge in [0.05, 0.1) is 47.1 Å². The van der Waals surface area contributed by atoms with E-state index in [0.29, 0.717) is 58.9 Å². The first kappa shape index (κ1) is 32.2. The average molecular weight is 518 g/mol. The number of methoxy groups -OCH3 is 2. The molecule has 1 rings (SSSR count). The van der Waals surface area contributed by atoms with Crippen LogP contribution >= 0.6 is 0 Å². The van der Waals surface area contributed by atoms with Gasteiger partial charge in [-0.3, -0.25) is 29.1 Å². The molecule has 1 heterocycles. The van der Waals surface area contributed by atoms with Gasteiger partial charge in [-0.1, -0.05) is 6.92 Å². The van der Waals surface area contributed by atoms with E-state index in [1.165, 1.54) is 14.2 Å². The van der Waals surface area contributed by atoms with E-state index >= 15 is 0 Å². The van der Waals surface area contributed by atoms with E-state index in [4.69, 9.17) is 19.3 Å². The number of carbonyl (C=O) groups is 3. The zero-order valence-electron chi connectivity index (χ0n) is 22.4. The summed E-state index contributed by atoms with van der Waals surface area (Å²) in [5.74, 6) is -0.640. The molecular formula is C24H47N5O7. The molecule has 12 heteroatoms. The molecule has 36 heavy (non-hydrogen) atoms. The molecule has 0 aromatic carbocycles. The third-order valence-electron chi connectivity index (χ3n) is 6.02. The standard InChI is InChI=1S/C24H47N5O7/c1-4-7-26-8-10-27(19-22(31)25-6-5-17-36-18-16-30)12-13-29(21-24(33)35-3)15-14-28(11-9-26)20-23(32)34-2/h30H,4-21H2,1-3H3,(H,25,31). The van der Waals surface area contributed by atoms with Crippen LogP contribution in [0.4, 0.5) is 0 Å². The summed E-state index contributed by atoms with van der Waals surface area (Å²) in [6.45, 7) is 10.5. The van der Waals surface area contributed by atoms with Crippen molar-refractivity contribution in [1.29, 1.82) is 0 Å². The molecule has 0 atom stereocenters. The van der Waals surface area contributed by atoms with Gasteiger partial charge >= 0.3 is 11.9 Å². The number of esters is 2. The van der Waals surface area contributed by atoms with Crippen LogP contribution in [0.15, 0.2) is 0 Å². The summed E-state index contributed by atoms with van der Waals surface area (Å²) >= 11 is 0. The summed E-state index contributed by atoms with van der Waals surface area (Å²) in [4.78, 5) is 45.0. The Balaban J connectivity index is 2.79. The van der Waals surface area contributed by atoms with E-state index in [2.05, 4.69) is 26.9 Å². The van der Waals surface area contributed by atoms with Gasteiger partial charge in [0.25, 0.3) is 0 Å². The third kappa shape index (κ3) is 15.3. The second-order valence-corrected chi connectivity index (χ2v) is 8.86. The second kappa shape index (κ2) is 20.3. The zero-order valence-corrected chi connectivity index (χ0v) is 22.4. The normalized spacial score (nSPS) is 17.7. The summed E-state index contributed by atoms with van der Waals surface area (Å²) < 4.78 is 15.0. The lowest BCUT2D eigenvalue weighted by Crippen LogP contribution is -2.49. The van der Waals surface area contributed by atoms with Gasteiger partial charge < -0.3 is 29.5 Å². The Hall–Kier alpha value is -1.83. The van der Waals surface area contributed by atoms with Gasteiger partial charge in [-0.2, -0.15) is 0 Å². The van der Waals surface area contributed by atoms with E-state index in [0.717, 1.165) is 32.6 Å². The minimum Gasteiger partial charge on any atom is -0.468 e. The number of aliphatic hydroxyl groups excluding tert-OH is 1. The minimum atomic E-state index is -0.316. The minimum absolute atomic E-state index is 0.00727. The molecule has 0 radical (unpaired) electrons. The number of nitrogens with zero attached hydrogens (tertiary/aromatic N) is 4. The van der Waals surface area contributed by atoms with Gasteiger partial charge in [-0.05, 0) is 19.4 Å². The van der Waals surface area contributed by atoms with Crippen molar-refractivity contribution in [2.45, 2.75) is 19.8 Å². The van der Waals surface area contributed by atoms with Crippen LogP contribution in [0.2, 0.25) is 0 Å². The van der Waals surface area contributed by atoms with Crippen LogP contribution in [0, 0.1) is 0 Å². The largest absolute Gasteiger partial charge is 0.468 e. The molecular weight excluding hydrogens is 470 g/mol. The molecule has 210 valence electrons. The van der Waals surface area contributed by atoms with Crippen molar-refractivity contribution < 1.29 is 33.7 Å². The van der Waals surface area contributed by atoms with Gasteiger partial charge in [0.15, 0.2) is 0 Å². The number of amides is 1. The molecule has 1 fully saturated rings. The fraction of sp³-hybridized carbons (Fsp3) is 0.875. The van der Waals surface area contributed by atoms with Crippen LogP contribution < -0.4 is 5.32 Å². The molecule has 1 aliphatic heterocycles. The molecule has 1 amide bonds. The zero-order chi connectivity index (χ0) is 26.6. The first-order chi connectivity index (χ1) is 17.4. The van der Waals surface area contributed by atoms with Gasteiger partial charge in [0.2, 0.25) is 5.91 Å². The van der Waals surface area contributed by atoms with E-state index in [1.807, 2.05) is 4.90 Å². The Labute approximate surface area is 215 Å². The van der Waals surface area contributed by atoms with E-state index in [9.17, 15) is 14.4 Å². The van der Waals surface area contributed by atoms with Crippen LogP contribution in [0.25, 0.3) is 0 Å². The number of hydrogen-bond donors (Lipinski definition) is 2. The second-order valence-electron chi connectivity index (χ2n) is 8.86. The van der Waals surface area contributed by atoms with Gasteiger partial charge in [-0.15, -0.1) is 0 Å². The topological polar surface area (TPSA) is 124 Å². The molecule has 0 spiro atoms. The Bertz CT molecular complexity index is 626. The maximum atomic E-state index is 12.6. The Morgan fingerprint density at radius 3 is 1.67 bits per heavy atom. The van der Waals surface area contributed by atoms with Crippen molar-refractivity contribution in [2.75, 3.05) is 119 Å². The fourth-order valence-electron chi connectivity index (χ4n) is 3.91. The fourth-order valence-corrected chi connectivity index (χ4v) is 3.91. The highest BCUT2D eigenvalue weighted by atomic mass is 16.5. The van der Waals surface area contributed by atoms with Crippen molar-refractivity contribution in [3.63, 3.8) is 0 Å². The predicted octanol–water partition coefficient (Wildman–Crippen LogP) is -1.52. The lowest BCUT2D eigenvalue weighted by atomic mass is 10.3. The average Bonchev–Trinajstić information content (AvgIpc) is 2.87. The quantitative estimate of drug-likeness (QED) is 0.206. The van der Waals surface area contributed by atoms with Crippen molar-refractivity contribution in [1.82, 2.24) is 24.9 Å². The van der Waals surface area contributed by atoms with Crippen molar-refractivity contribution >= 4 is 17.8 Å². The summed E-state index contributed by atoms with van der Waals surface area (Å²) in [5, 5.41) is 11.7. The monoisotopic (exact) mass is 517 g/mol. The van der Waals surface area contributed by atoms with Crippen molar-refractivity contribution in [3.8, 4) is 0 Å². The van der Waals surface area contributed by atoms with Crippen LogP contribution in [-0.2, 0) is 28.6 Å². The molecule has 0 bridgehead atoms. The number of rotatable bonds is 14. The van der Waals surface area contributed by atoms with Crippen molar-refractivity contribution in [2.24, 2.45) is 0 Å². The number of hydrogen-bond acceptors (Lipinski definition) is 11. The number of nitrogens with one attached hydrogen (secondary N) is 1. The molecule has 0 unspecified atom stereocenters. The van der Waals surface area contributed by atoms with E-state index in [1.54, 1.807) is 0 Å². The third-order valence-corrected chi connectivity index (χ3v) is 6.02. The lowest BCUT2D eigenvalue weighted by Gasteiger charge is -2.33. The summed E-state index contributed by atoms with van der Waals surface area (Å²) in [7, 11) is 2.76. The number of ether oxygens (including phenoxy) is 3. The first-order valence-corrected chi connectivity index (χ1v) is 12.9. The Morgan fingerprint density at radius 2 is 1.22 bits per heavy atom. The molecule has 12 nitrogen and oxygen atoms in total. The predicted molar refractivity (Wildman–Crippen MR) is 136 cm³/mol. The summed E-state index contributed by atoms with van der Waals surface area (Å²) in [6, 6.07) is 0. The van der Waals surface area contributed by atoms with Gasteiger partial charge in [0, 0.05) is 65.5 Å². The molecule has 1 aliphatic rings. The highest BCUT2D eigenvalue weighted by Gasteiger charge is 2.20. The molecule has 2 N–H and O–H groups in total. The highest BCUT2D eigenvalue weighted by molar-refractivity contribution is 5.78. The maximum Gasteiger partial charge on any atom is 0.319 e. The number of aliphatic hydroxyl groups is 1. The van der Waals surface area contributed by atoms with Crippen LogP contribution in [-0.4, -0.2) is 162 Å². The smallest absolute Gasteiger partial charge is 0.319 e. The van der Waals surface area contributed by atoms with Crippen molar-refractivity contribution in [3.05, 3.63) is 0 Å². The molecule has 0 aromatic rings. The van der Waals surface area contributed by atoms with Crippen LogP contribution in [0.1, 0.15) is 19.8 Å². The molecule has 0 aromatic heterocycles. The Kier molecular flexibility index (Phi) is 18.1. The Morgan fingerprint density at radius 1 is 0.750 bits per heavy atom. The van der Waals surface area contributed by atoms with Gasteiger partial charge in [-0.25, -0.2) is 0 Å². The number of carbonyl (C=O) groups excluding carboxylic acids is 3.